The number of hydrogen-bond acceptors (Lipinski definition) is 4. The highest BCUT2D eigenvalue weighted by atomic mass is 16.6. The fourth-order valence-electron chi connectivity index (χ4n) is 1.59. The van der Waals surface area contributed by atoms with Crippen LogP contribution in [0.3, 0.4) is 0 Å². The topological polar surface area (TPSA) is 72.6 Å². The number of non-ortho nitro benzene ring substituents is 1. The third kappa shape index (κ3) is 1.28. The highest BCUT2D eigenvalue weighted by molar-refractivity contribution is 6.61. The molecule has 1 aliphatic rings. The molecule has 1 atom stereocenters. The number of benzene rings is 1. The fourth-order valence-corrected chi connectivity index (χ4v) is 1.59. The van der Waals surface area contributed by atoms with E-state index in [0.717, 1.165) is 0 Å². The highest BCUT2D eigenvalue weighted by Gasteiger charge is 2.33. The Bertz CT molecular complexity index is 395. The van der Waals surface area contributed by atoms with Crippen LogP contribution in [-0.4, -0.2) is 17.1 Å². The Balaban J connectivity index is 2.50. The molecule has 0 fully saturated rings. The lowest BCUT2D eigenvalue weighted by Crippen LogP contribution is -2.27. The monoisotopic (exact) mass is 193 g/mol. The van der Waals surface area contributed by atoms with Gasteiger partial charge < -0.3 is 9.68 Å². The molecule has 1 heterocycles. The maximum absolute atomic E-state index is 10.5. The molecule has 72 valence electrons. The summed E-state index contributed by atoms with van der Waals surface area (Å²) in [4.78, 5) is 10.0. The first-order valence-electron chi connectivity index (χ1n) is 4.21. The van der Waals surface area contributed by atoms with Crippen molar-refractivity contribution in [3.8, 4) is 0 Å². The van der Waals surface area contributed by atoms with E-state index >= 15 is 0 Å². The normalized spacial score (nSPS) is 19.6. The molecule has 0 saturated carbocycles. The van der Waals surface area contributed by atoms with Crippen LogP contribution in [0.15, 0.2) is 18.2 Å². The number of nitro groups is 1. The maximum atomic E-state index is 10.5. The maximum Gasteiger partial charge on any atom is 0.491 e. The fraction of sp³-hybridized carbons (Fsp3) is 0.250. The van der Waals surface area contributed by atoms with Crippen molar-refractivity contribution >= 4 is 18.3 Å². The van der Waals surface area contributed by atoms with Gasteiger partial charge in [-0.15, -0.1) is 0 Å². The minimum absolute atomic E-state index is 0.0216. The molecule has 0 aromatic heterocycles. The third-order valence-corrected chi connectivity index (χ3v) is 2.32. The molecule has 5 nitrogen and oxygen atoms in total. The van der Waals surface area contributed by atoms with Crippen LogP contribution in [0.1, 0.15) is 18.6 Å². The van der Waals surface area contributed by atoms with Crippen LogP contribution in [0.2, 0.25) is 0 Å². The van der Waals surface area contributed by atoms with Gasteiger partial charge in [-0.3, -0.25) is 10.1 Å². The van der Waals surface area contributed by atoms with Gasteiger partial charge in [-0.2, -0.15) is 0 Å². The predicted molar refractivity (Wildman–Crippen MR) is 50.2 cm³/mol. The highest BCUT2D eigenvalue weighted by Crippen LogP contribution is 2.25. The van der Waals surface area contributed by atoms with Gasteiger partial charge in [0.25, 0.3) is 5.69 Å². The van der Waals surface area contributed by atoms with E-state index in [1.54, 1.807) is 6.92 Å². The summed E-state index contributed by atoms with van der Waals surface area (Å²) in [6.45, 7) is 1.75. The number of rotatable bonds is 1. The van der Waals surface area contributed by atoms with E-state index in [-0.39, 0.29) is 11.8 Å². The van der Waals surface area contributed by atoms with E-state index in [2.05, 4.69) is 0 Å². The summed E-state index contributed by atoms with van der Waals surface area (Å²) in [5.41, 5.74) is 1.32. The van der Waals surface area contributed by atoms with E-state index < -0.39 is 12.0 Å². The molecule has 2 rings (SSSR count). The largest absolute Gasteiger partial charge is 0.491 e. The van der Waals surface area contributed by atoms with Gasteiger partial charge in [0, 0.05) is 12.1 Å². The van der Waals surface area contributed by atoms with Crippen LogP contribution in [0.25, 0.3) is 0 Å². The first kappa shape index (κ1) is 9.17. The van der Waals surface area contributed by atoms with Gasteiger partial charge in [0.2, 0.25) is 0 Å². The Hall–Kier alpha value is -1.40. The zero-order valence-electron chi connectivity index (χ0n) is 7.51. The van der Waals surface area contributed by atoms with E-state index in [4.69, 9.17) is 4.65 Å². The van der Waals surface area contributed by atoms with Crippen LogP contribution in [-0.2, 0) is 4.65 Å². The molecule has 0 radical (unpaired) electrons. The summed E-state index contributed by atoms with van der Waals surface area (Å²) in [6.07, 6.45) is -0.292. The molecule has 0 aliphatic carbocycles. The molecule has 0 saturated heterocycles. The van der Waals surface area contributed by atoms with Crippen molar-refractivity contribution in [1.29, 1.82) is 0 Å². The second-order valence-corrected chi connectivity index (χ2v) is 3.20. The molecule has 14 heavy (non-hydrogen) atoms. The van der Waals surface area contributed by atoms with Crippen LogP contribution >= 0.6 is 0 Å². The lowest BCUT2D eigenvalue weighted by molar-refractivity contribution is -0.384. The first-order chi connectivity index (χ1) is 6.59. The Morgan fingerprint density at radius 2 is 2.36 bits per heavy atom. The minimum atomic E-state index is -0.958. The quantitative estimate of drug-likeness (QED) is 0.397. The summed E-state index contributed by atoms with van der Waals surface area (Å²) in [5.74, 6) is 0. The van der Waals surface area contributed by atoms with Gasteiger partial charge in [-0.25, -0.2) is 0 Å². The van der Waals surface area contributed by atoms with Crippen molar-refractivity contribution < 1.29 is 14.6 Å². The summed E-state index contributed by atoms with van der Waals surface area (Å²) in [5, 5.41) is 19.9. The van der Waals surface area contributed by atoms with Crippen molar-refractivity contribution in [2.75, 3.05) is 0 Å². The van der Waals surface area contributed by atoms with Gasteiger partial charge in [0.15, 0.2) is 0 Å². The van der Waals surface area contributed by atoms with E-state index in [0.29, 0.717) is 11.0 Å². The van der Waals surface area contributed by atoms with Crippen LogP contribution in [0.5, 0.6) is 0 Å². The molecule has 1 unspecified atom stereocenters. The molecule has 6 heteroatoms. The van der Waals surface area contributed by atoms with Gasteiger partial charge in [0.05, 0.1) is 11.0 Å². The number of nitrogens with zero attached hydrogens (tertiary/aromatic N) is 1. The molecule has 1 aromatic carbocycles. The zero-order valence-corrected chi connectivity index (χ0v) is 7.51. The van der Waals surface area contributed by atoms with Crippen molar-refractivity contribution in [1.82, 2.24) is 0 Å². The molecule has 1 N–H and O–H groups in total. The van der Waals surface area contributed by atoms with Gasteiger partial charge in [-0.05, 0) is 17.9 Å². The van der Waals surface area contributed by atoms with E-state index in [1.807, 2.05) is 0 Å². The van der Waals surface area contributed by atoms with Crippen LogP contribution in [0.4, 0.5) is 5.69 Å². The standard InChI is InChI=1S/C8H8BNO4/c1-5-7-4-6(10(12)13)2-3-8(7)9(11)14-5/h2-5,11H,1H3. The Morgan fingerprint density at radius 1 is 1.64 bits per heavy atom. The van der Waals surface area contributed by atoms with E-state index in [1.165, 1.54) is 18.2 Å². The number of fused-ring (bicyclic) bond motifs is 1. The molecular formula is C8H8BNO4. The third-order valence-electron chi connectivity index (χ3n) is 2.32. The Kier molecular flexibility index (Phi) is 2.01. The smallest absolute Gasteiger partial charge is 0.423 e. The minimum Gasteiger partial charge on any atom is -0.423 e. The summed E-state index contributed by atoms with van der Waals surface area (Å²) < 4.78 is 5.10. The molecule has 1 aliphatic heterocycles. The summed E-state index contributed by atoms with van der Waals surface area (Å²) in [6, 6.07) is 4.33. The average Bonchev–Trinajstić information content (AvgIpc) is 2.42. The number of hydrogen-bond donors (Lipinski definition) is 1. The number of nitro benzene ring substituents is 1. The van der Waals surface area contributed by atoms with Crippen molar-refractivity contribution in [2.45, 2.75) is 13.0 Å². The second kappa shape index (κ2) is 3.07. The summed E-state index contributed by atoms with van der Waals surface area (Å²) >= 11 is 0. The summed E-state index contributed by atoms with van der Waals surface area (Å²) in [7, 11) is -0.958. The van der Waals surface area contributed by atoms with Crippen LogP contribution < -0.4 is 5.46 Å². The lowest BCUT2D eigenvalue weighted by atomic mass is 9.79. The first-order valence-corrected chi connectivity index (χ1v) is 4.21. The van der Waals surface area contributed by atoms with Crippen molar-refractivity contribution in [2.24, 2.45) is 0 Å². The molecule has 0 spiro atoms. The second-order valence-electron chi connectivity index (χ2n) is 3.20. The van der Waals surface area contributed by atoms with Crippen molar-refractivity contribution in [3.05, 3.63) is 33.9 Å². The molecule has 1 aromatic rings. The SMILES string of the molecule is CC1OB(O)c2ccc([N+](=O)[O-])cc21. The zero-order chi connectivity index (χ0) is 10.3. The molecular weight excluding hydrogens is 185 g/mol. The molecule has 0 amide bonds. The Morgan fingerprint density at radius 3 is 3.00 bits per heavy atom. The van der Waals surface area contributed by atoms with Crippen molar-refractivity contribution in [3.63, 3.8) is 0 Å². The van der Waals surface area contributed by atoms with Crippen LogP contribution in [0, 0.1) is 10.1 Å². The van der Waals surface area contributed by atoms with Gasteiger partial charge >= 0.3 is 7.12 Å². The molecule has 0 bridgehead atoms. The van der Waals surface area contributed by atoms with Gasteiger partial charge in [-0.1, -0.05) is 6.07 Å². The van der Waals surface area contributed by atoms with E-state index in [9.17, 15) is 15.1 Å². The predicted octanol–water partition coefficient (Wildman–Crippen LogP) is 0.373. The average molecular weight is 193 g/mol. The lowest BCUT2D eigenvalue weighted by Gasteiger charge is -2.02. The van der Waals surface area contributed by atoms with Gasteiger partial charge in [0.1, 0.15) is 0 Å². The Labute approximate surface area is 80.6 Å².